The molecule has 0 saturated heterocycles. The van der Waals surface area contributed by atoms with Gasteiger partial charge in [-0.05, 0) is 28.5 Å². The van der Waals surface area contributed by atoms with E-state index < -0.39 is 10.9 Å². The van der Waals surface area contributed by atoms with Crippen LogP contribution in [-0.4, -0.2) is 18.0 Å². The summed E-state index contributed by atoms with van der Waals surface area (Å²) >= 11 is 0. The molecule has 0 bridgehead atoms. The van der Waals surface area contributed by atoms with E-state index in [9.17, 15) is 14.9 Å². The van der Waals surface area contributed by atoms with Gasteiger partial charge in [-0.25, -0.2) is 4.79 Å². The minimum absolute atomic E-state index is 0.0833. The molecule has 0 heterocycles. The Kier molecular flexibility index (Phi) is 4.61. The van der Waals surface area contributed by atoms with Gasteiger partial charge in [-0.15, -0.1) is 0 Å². The standard InChI is InChI=1S/C19H15NO5/c1-24-18-10-9-14(11-17(18)20(22)23)19(21)25-12-15-7-4-6-13-5-2-3-8-16(13)15/h2-11H,12H2,1H3. The molecule has 126 valence electrons. The lowest BCUT2D eigenvalue weighted by atomic mass is 10.1. The van der Waals surface area contributed by atoms with Crippen LogP contribution in [0.4, 0.5) is 5.69 Å². The second-order valence-electron chi connectivity index (χ2n) is 5.36. The number of carbonyl (C=O) groups is 1. The van der Waals surface area contributed by atoms with Crippen LogP contribution >= 0.6 is 0 Å². The summed E-state index contributed by atoms with van der Waals surface area (Å²) in [6.07, 6.45) is 0. The molecule has 0 fully saturated rings. The molecule has 0 aliphatic carbocycles. The Morgan fingerprint density at radius 2 is 1.84 bits per heavy atom. The lowest BCUT2D eigenvalue weighted by molar-refractivity contribution is -0.385. The van der Waals surface area contributed by atoms with Crippen molar-refractivity contribution in [1.82, 2.24) is 0 Å². The number of rotatable bonds is 5. The summed E-state index contributed by atoms with van der Waals surface area (Å²) in [7, 11) is 1.33. The normalized spacial score (nSPS) is 10.4. The van der Waals surface area contributed by atoms with Crippen LogP contribution in [0.5, 0.6) is 5.75 Å². The molecule has 3 aromatic rings. The highest BCUT2D eigenvalue weighted by Gasteiger charge is 2.19. The number of esters is 1. The fourth-order valence-electron chi connectivity index (χ4n) is 2.60. The fourth-order valence-corrected chi connectivity index (χ4v) is 2.60. The van der Waals surface area contributed by atoms with Crippen LogP contribution in [0.2, 0.25) is 0 Å². The van der Waals surface area contributed by atoms with E-state index >= 15 is 0 Å². The highest BCUT2D eigenvalue weighted by atomic mass is 16.6. The molecule has 0 saturated carbocycles. The molecule has 0 N–H and O–H groups in total. The fraction of sp³-hybridized carbons (Fsp3) is 0.105. The van der Waals surface area contributed by atoms with Gasteiger partial charge in [-0.2, -0.15) is 0 Å². The van der Waals surface area contributed by atoms with Crippen LogP contribution < -0.4 is 4.74 Å². The van der Waals surface area contributed by atoms with Crippen LogP contribution in [0, 0.1) is 10.1 Å². The van der Waals surface area contributed by atoms with Crippen LogP contribution in [-0.2, 0) is 11.3 Å². The monoisotopic (exact) mass is 337 g/mol. The van der Waals surface area contributed by atoms with E-state index in [2.05, 4.69) is 0 Å². The first-order valence-corrected chi connectivity index (χ1v) is 7.56. The summed E-state index contributed by atoms with van der Waals surface area (Å²) in [5.74, 6) is -0.533. The Morgan fingerprint density at radius 3 is 2.60 bits per heavy atom. The van der Waals surface area contributed by atoms with E-state index in [-0.39, 0.29) is 23.6 Å². The maximum atomic E-state index is 12.2. The summed E-state index contributed by atoms with van der Waals surface area (Å²) in [6, 6.07) is 17.5. The largest absolute Gasteiger partial charge is 0.490 e. The smallest absolute Gasteiger partial charge is 0.338 e. The number of fused-ring (bicyclic) bond motifs is 1. The van der Waals surface area contributed by atoms with Crippen molar-refractivity contribution in [1.29, 1.82) is 0 Å². The maximum absolute atomic E-state index is 12.2. The molecule has 6 heteroatoms. The van der Waals surface area contributed by atoms with Crippen molar-refractivity contribution in [2.24, 2.45) is 0 Å². The first kappa shape index (κ1) is 16.4. The Labute approximate surface area is 143 Å². The zero-order chi connectivity index (χ0) is 17.8. The summed E-state index contributed by atoms with van der Waals surface area (Å²) < 4.78 is 10.3. The highest BCUT2D eigenvalue weighted by Crippen LogP contribution is 2.28. The zero-order valence-corrected chi connectivity index (χ0v) is 13.5. The van der Waals surface area contributed by atoms with Crippen molar-refractivity contribution in [2.45, 2.75) is 6.61 Å². The van der Waals surface area contributed by atoms with Gasteiger partial charge in [0.25, 0.3) is 0 Å². The summed E-state index contributed by atoms with van der Waals surface area (Å²) in [4.78, 5) is 22.7. The SMILES string of the molecule is COc1ccc(C(=O)OCc2cccc3ccccc23)cc1[N+](=O)[O-]. The van der Waals surface area contributed by atoms with Crippen LogP contribution in [0.25, 0.3) is 10.8 Å². The number of hydrogen-bond donors (Lipinski definition) is 0. The summed E-state index contributed by atoms with van der Waals surface area (Å²) in [5.41, 5.74) is 0.698. The third-order valence-electron chi connectivity index (χ3n) is 3.85. The van der Waals surface area contributed by atoms with E-state index in [1.165, 1.54) is 19.2 Å². The molecule has 3 aromatic carbocycles. The molecule has 3 rings (SSSR count). The van der Waals surface area contributed by atoms with Crippen molar-refractivity contribution >= 4 is 22.4 Å². The average molecular weight is 337 g/mol. The predicted octanol–water partition coefficient (Wildman–Crippen LogP) is 4.11. The van der Waals surface area contributed by atoms with E-state index in [1.807, 2.05) is 42.5 Å². The van der Waals surface area contributed by atoms with Crippen molar-refractivity contribution in [2.75, 3.05) is 7.11 Å². The number of hydrogen-bond acceptors (Lipinski definition) is 5. The van der Waals surface area contributed by atoms with Crippen LogP contribution in [0.1, 0.15) is 15.9 Å². The lowest BCUT2D eigenvalue weighted by Crippen LogP contribution is -2.06. The minimum atomic E-state index is -0.626. The van der Waals surface area contributed by atoms with Gasteiger partial charge in [0, 0.05) is 6.07 Å². The van der Waals surface area contributed by atoms with Crippen molar-refractivity contribution in [3.05, 3.63) is 81.9 Å². The maximum Gasteiger partial charge on any atom is 0.338 e. The number of nitro groups is 1. The van der Waals surface area contributed by atoms with Crippen molar-refractivity contribution < 1.29 is 19.2 Å². The van der Waals surface area contributed by atoms with Crippen LogP contribution in [0.3, 0.4) is 0 Å². The van der Waals surface area contributed by atoms with Gasteiger partial charge in [-0.3, -0.25) is 10.1 Å². The molecule has 0 unspecified atom stereocenters. The number of nitrogens with zero attached hydrogens (tertiary/aromatic N) is 1. The third kappa shape index (κ3) is 3.42. The van der Waals surface area contributed by atoms with E-state index in [0.717, 1.165) is 22.4 Å². The number of nitro benzene ring substituents is 1. The average Bonchev–Trinajstić information content (AvgIpc) is 2.65. The van der Waals surface area contributed by atoms with Crippen molar-refractivity contribution in [3.63, 3.8) is 0 Å². The van der Waals surface area contributed by atoms with E-state index in [1.54, 1.807) is 0 Å². The molecular weight excluding hydrogens is 322 g/mol. The van der Waals surface area contributed by atoms with Gasteiger partial charge in [0.05, 0.1) is 17.6 Å². The van der Waals surface area contributed by atoms with Gasteiger partial charge >= 0.3 is 11.7 Å². The molecule has 0 spiro atoms. The van der Waals surface area contributed by atoms with Gasteiger partial charge in [-0.1, -0.05) is 42.5 Å². The van der Waals surface area contributed by atoms with E-state index in [0.29, 0.717) is 0 Å². The van der Waals surface area contributed by atoms with Gasteiger partial charge in [0.15, 0.2) is 5.75 Å². The Morgan fingerprint density at radius 1 is 1.08 bits per heavy atom. The van der Waals surface area contributed by atoms with Gasteiger partial charge in [0.1, 0.15) is 6.61 Å². The zero-order valence-electron chi connectivity index (χ0n) is 13.5. The van der Waals surface area contributed by atoms with E-state index in [4.69, 9.17) is 9.47 Å². The number of ether oxygens (including phenoxy) is 2. The molecule has 0 atom stereocenters. The molecule has 0 aliphatic heterocycles. The third-order valence-corrected chi connectivity index (χ3v) is 3.85. The second-order valence-corrected chi connectivity index (χ2v) is 5.36. The molecule has 0 aliphatic rings. The first-order chi connectivity index (χ1) is 12.1. The molecule has 0 amide bonds. The van der Waals surface area contributed by atoms with Gasteiger partial charge < -0.3 is 9.47 Å². The summed E-state index contributed by atoms with van der Waals surface area (Å²) in [5, 5.41) is 13.1. The number of carbonyl (C=O) groups excluding carboxylic acids is 1. The Bertz CT molecular complexity index is 946. The topological polar surface area (TPSA) is 78.7 Å². The predicted molar refractivity (Wildman–Crippen MR) is 92.7 cm³/mol. The Hall–Kier alpha value is -3.41. The number of benzene rings is 3. The molecule has 0 radical (unpaired) electrons. The Balaban J connectivity index is 1.81. The quantitative estimate of drug-likeness (QED) is 0.398. The van der Waals surface area contributed by atoms with Gasteiger partial charge in [0.2, 0.25) is 0 Å². The molecule has 0 aromatic heterocycles. The van der Waals surface area contributed by atoms with Crippen LogP contribution in [0.15, 0.2) is 60.7 Å². The number of methoxy groups -OCH3 is 1. The summed E-state index contributed by atoms with van der Waals surface area (Å²) in [6.45, 7) is 0.0833. The minimum Gasteiger partial charge on any atom is -0.490 e. The second kappa shape index (κ2) is 7.00. The first-order valence-electron chi connectivity index (χ1n) is 7.56. The highest BCUT2D eigenvalue weighted by molar-refractivity contribution is 5.91. The molecule has 25 heavy (non-hydrogen) atoms. The molecule has 6 nitrogen and oxygen atoms in total. The molecular formula is C19H15NO5. The lowest BCUT2D eigenvalue weighted by Gasteiger charge is -2.09. The van der Waals surface area contributed by atoms with Crippen molar-refractivity contribution in [3.8, 4) is 5.75 Å².